The first-order chi connectivity index (χ1) is 11.1. The molecule has 0 atom stereocenters. The normalized spacial score (nSPS) is 10.5. The Hall–Kier alpha value is -3.02. The van der Waals surface area contributed by atoms with E-state index < -0.39 is 6.03 Å². The van der Waals surface area contributed by atoms with E-state index >= 15 is 0 Å². The summed E-state index contributed by atoms with van der Waals surface area (Å²) in [6.45, 7) is 2.49. The molecule has 2 aromatic carbocycles. The van der Waals surface area contributed by atoms with Crippen LogP contribution in [0.1, 0.15) is 16.7 Å². The number of nitrogens with one attached hydrogen (secondary N) is 1. The molecule has 3 N–H and O–H groups in total. The lowest BCUT2D eigenvalue weighted by molar-refractivity contribution is 0.249. The standard InChI is InChI=1S/C17H19N3O3/c1-12-3-5-13(6-4-12)11-23-15-8-7-14(9-16(15)22-2)10-19-20-17(18)21/h3-10H,11H2,1-2H3,(H3,18,20,21). The monoisotopic (exact) mass is 313 g/mol. The van der Waals surface area contributed by atoms with Gasteiger partial charge in [-0.15, -0.1) is 0 Å². The van der Waals surface area contributed by atoms with E-state index in [1.807, 2.05) is 31.2 Å². The van der Waals surface area contributed by atoms with Gasteiger partial charge in [0.05, 0.1) is 13.3 Å². The van der Waals surface area contributed by atoms with E-state index in [4.69, 9.17) is 15.2 Å². The van der Waals surface area contributed by atoms with Gasteiger partial charge in [-0.3, -0.25) is 0 Å². The van der Waals surface area contributed by atoms with Gasteiger partial charge < -0.3 is 15.2 Å². The SMILES string of the molecule is COc1cc(C=NNC(N)=O)ccc1OCc1ccc(C)cc1. The van der Waals surface area contributed by atoms with Crippen LogP contribution >= 0.6 is 0 Å². The summed E-state index contributed by atoms with van der Waals surface area (Å²) in [6, 6.07) is 12.8. The number of benzene rings is 2. The van der Waals surface area contributed by atoms with Crippen LogP contribution in [0.25, 0.3) is 0 Å². The molecular weight excluding hydrogens is 294 g/mol. The van der Waals surface area contributed by atoms with E-state index in [-0.39, 0.29) is 0 Å². The number of nitrogens with two attached hydrogens (primary N) is 1. The number of hydrogen-bond acceptors (Lipinski definition) is 4. The summed E-state index contributed by atoms with van der Waals surface area (Å²) in [4.78, 5) is 10.6. The highest BCUT2D eigenvalue weighted by Crippen LogP contribution is 2.28. The maximum absolute atomic E-state index is 10.6. The second-order valence-electron chi connectivity index (χ2n) is 4.92. The van der Waals surface area contributed by atoms with Crippen LogP contribution in [0.15, 0.2) is 47.6 Å². The molecule has 0 saturated heterocycles. The minimum Gasteiger partial charge on any atom is -0.493 e. The van der Waals surface area contributed by atoms with Gasteiger partial charge in [0.2, 0.25) is 0 Å². The Morgan fingerprint density at radius 3 is 2.61 bits per heavy atom. The second-order valence-corrected chi connectivity index (χ2v) is 4.92. The maximum atomic E-state index is 10.6. The van der Waals surface area contributed by atoms with Crippen LogP contribution in [-0.2, 0) is 6.61 Å². The van der Waals surface area contributed by atoms with Crippen LogP contribution in [0.4, 0.5) is 4.79 Å². The summed E-state index contributed by atoms with van der Waals surface area (Å²) in [5.74, 6) is 1.22. The minimum absolute atomic E-state index is 0.452. The van der Waals surface area contributed by atoms with Crippen LogP contribution in [0.5, 0.6) is 11.5 Å². The Bertz CT molecular complexity index is 697. The Morgan fingerprint density at radius 1 is 1.22 bits per heavy atom. The van der Waals surface area contributed by atoms with Gasteiger partial charge in [0.25, 0.3) is 0 Å². The fourth-order valence-corrected chi connectivity index (χ4v) is 1.90. The number of hydrogen-bond donors (Lipinski definition) is 2. The highest BCUT2D eigenvalue weighted by molar-refractivity contribution is 5.82. The molecule has 0 radical (unpaired) electrons. The third-order valence-corrected chi connectivity index (χ3v) is 3.09. The maximum Gasteiger partial charge on any atom is 0.332 e. The van der Waals surface area contributed by atoms with E-state index in [1.165, 1.54) is 11.8 Å². The molecule has 0 aliphatic heterocycles. The zero-order valence-electron chi connectivity index (χ0n) is 13.1. The molecular formula is C17H19N3O3. The summed E-state index contributed by atoms with van der Waals surface area (Å²) in [7, 11) is 1.57. The number of urea groups is 1. The number of amides is 2. The van der Waals surface area contributed by atoms with Crippen molar-refractivity contribution in [3.8, 4) is 11.5 Å². The van der Waals surface area contributed by atoms with Gasteiger partial charge in [-0.25, -0.2) is 10.2 Å². The predicted octanol–water partition coefficient (Wildman–Crippen LogP) is 2.58. The zero-order chi connectivity index (χ0) is 16.7. The lowest BCUT2D eigenvalue weighted by Crippen LogP contribution is -2.24. The molecule has 2 amide bonds. The van der Waals surface area contributed by atoms with Gasteiger partial charge in [-0.05, 0) is 36.2 Å². The number of carbonyl (C=O) groups excluding carboxylic acids is 1. The highest BCUT2D eigenvalue weighted by atomic mass is 16.5. The zero-order valence-corrected chi connectivity index (χ0v) is 13.1. The first-order valence-electron chi connectivity index (χ1n) is 7.03. The van der Waals surface area contributed by atoms with Crippen molar-refractivity contribution in [1.29, 1.82) is 0 Å². The quantitative estimate of drug-likeness (QED) is 0.635. The number of aryl methyl sites for hydroxylation is 1. The van der Waals surface area contributed by atoms with Crippen LogP contribution < -0.4 is 20.6 Å². The van der Waals surface area contributed by atoms with Crippen molar-refractivity contribution in [3.05, 3.63) is 59.2 Å². The minimum atomic E-state index is -0.716. The smallest absolute Gasteiger partial charge is 0.332 e. The molecule has 0 spiro atoms. The fraction of sp³-hybridized carbons (Fsp3) is 0.176. The summed E-state index contributed by atoms with van der Waals surface area (Å²) in [5.41, 5.74) is 10.1. The molecule has 0 aliphatic rings. The van der Waals surface area contributed by atoms with E-state index in [2.05, 4.69) is 10.5 Å². The van der Waals surface area contributed by atoms with Gasteiger partial charge in [-0.1, -0.05) is 29.8 Å². The molecule has 6 nitrogen and oxygen atoms in total. The molecule has 0 aromatic heterocycles. The molecule has 2 aromatic rings. The molecule has 0 bridgehead atoms. The third kappa shape index (κ3) is 5.03. The Kier molecular flexibility index (Phi) is 5.57. The van der Waals surface area contributed by atoms with E-state index in [0.29, 0.717) is 18.1 Å². The number of methoxy groups -OCH3 is 1. The number of nitrogens with zero attached hydrogens (tertiary/aromatic N) is 1. The Balaban J connectivity index is 2.05. The average Bonchev–Trinajstić information content (AvgIpc) is 2.54. The lowest BCUT2D eigenvalue weighted by Gasteiger charge is -2.11. The van der Waals surface area contributed by atoms with E-state index in [0.717, 1.165) is 11.1 Å². The van der Waals surface area contributed by atoms with Crippen molar-refractivity contribution in [1.82, 2.24) is 5.43 Å². The van der Waals surface area contributed by atoms with Crippen LogP contribution in [-0.4, -0.2) is 19.4 Å². The first-order valence-corrected chi connectivity index (χ1v) is 7.03. The highest BCUT2D eigenvalue weighted by Gasteiger charge is 2.05. The average molecular weight is 313 g/mol. The van der Waals surface area contributed by atoms with E-state index in [1.54, 1.807) is 25.3 Å². The number of rotatable bonds is 6. The molecule has 0 unspecified atom stereocenters. The molecule has 0 fully saturated rings. The molecule has 0 heterocycles. The van der Waals surface area contributed by atoms with Crippen molar-refractivity contribution < 1.29 is 14.3 Å². The van der Waals surface area contributed by atoms with Gasteiger partial charge in [0.15, 0.2) is 11.5 Å². The second kappa shape index (κ2) is 7.84. The molecule has 2 rings (SSSR count). The lowest BCUT2D eigenvalue weighted by atomic mass is 10.2. The summed E-state index contributed by atoms with van der Waals surface area (Å²) in [5, 5.41) is 3.70. The van der Waals surface area contributed by atoms with E-state index in [9.17, 15) is 4.79 Å². The van der Waals surface area contributed by atoms with Crippen molar-refractivity contribution in [2.24, 2.45) is 10.8 Å². The van der Waals surface area contributed by atoms with Gasteiger partial charge in [0.1, 0.15) is 6.61 Å². The van der Waals surface area contributed by atoms with Crippen molar-refractivity contribution >= 4 is 12.2 Å². The molecule has 6 heteroatoms. The summed E-state index contributed by atoms with van der Waals surface area (Å²) in [6.07, 6.45) is 1.47. The van der Waals surface area contributed by atoms with Crippen LogP contribution in [0, 0.1) is 6.92 Å². The largest absolute Gasteiger partial charge is 0.493 e. The predicted molar refractivity (Wildman–Crippen MR) is 88.8 cm³/mol. The van der Waals surface area contributed by atoms with Crippen molar-refractivity contribution in [3.63, 3.8) is 0 Å². The number of primary amides is 1. The van der Waals surface area contributed by atoms with Crippen molar-refractivity contribution in [2.75, 3.05) is 7.11 Å². The van der Waals surface area contributed by atoms with Crippen LogP contribution in [0.3, 0.4) is 0 Å². The fourth-order valence-electron chi connectivity index (χ4n) is 1.90. The summed E-state index contributed by atoms with van der Waals surface area (Å²) >= 11 is 0. The number of ether oxygens (including phenoxy) is 2. The van der Waals surface area contributed by atoms with Gasteiger partial charge in [-0.2, -0.15) is 5.10 Å². The molecule has 120 valence electrons. The molecule has 0 aliphatic carbocycles. The van der Waals surface area contributed by atoms with Gasteiger partial charge in [0, 0.05) is 0 Å². The first kappa shape index (κ1) is 16.4. The summed E-state index contributed by atoms with van der Waals surface area (Å²) < 4.78 is 11.1. The third-order valence-electron chi connectivity index (χ3n) is 3.09. The van der Waals surface area contributed by atoms with Gasteiger partial charge >= 0.3 is 6.03 Å². The van der Waals surface area contributed by atoms with Crippen molar-refractivity contribution in [2.45, 2.75) is 13.5 Å². The topological polar surface area (TPSA) is 85.9 Å². The molecule has 0 saturated carbocycles. The Morgan fingerprint density at radius 2 is 1.96 bits per heavy atom. The molecule has 23 heavy (non-hydrogen) atoms. The Labute approximate surface area is 134 Å². The number of hydrazone groups is 1. The number of carbonyl (C=O) groups is 1. The van der Waals surface area contributed by atoms with Crippen LogP contribution in [0.2, 0.25) is 0 Å².